The van der Waals surface area contributed by atoms with Crippen molar-refractivity contribution in [2.24, 2.45) is 0 Å². The van der Waals surface area contributed by atoms with Crippen LogP contribution in [0.15, 0.2) is 36.5 Å². The molecular weight excluding hydrogens is 325 g/mol. The van der Waals surface area contributed by atoms with E-state index >= 15 is 0 Å². The van der Waals surface area contributed by atoms with Crippen LogP contribution in [-0.4, -0.2) is 31.6 Å². The number of hydrogen-bond donors (Lipinski definition) is 1. The first-order chi connectivity index (χ1) is 10.5. The Kier molecular flexibility index (Phi) is 5.46. The van der Waals surface area contributed by atoms with Crippen LogP contribution in [0.2, 0.25) is 10.0 Å². The largest absolute Gasteiger partial charge is 0.484 e. The van der Waals surface area contributed by atoms with Gasteiger partial charge in [-0.05, 0) is 24.3 Å². The van der Waals surface area contributed by atoms with Crippen molar-refractivity contribution in [2.45, 2.75) is 0 Å². The lowest BCUT2D eigenvalue weighted by atomic mass is 10.3. The van der Waals surface area contributed by atoms with Crippen molar-refractivity contribution in [3.05, 3.63) is 46.6 Å². The molecule has 0 radical (unpaired) electrons. The predicted molar refractivity (Wildman–Crippen MR) is 89.2 cm³/mol. The lowest BCUT2D eigenvalue weighted by Gasteiger charge is -2.12. The minimum absolute atomic E-state index is 0.132. The molecule has 0 atom stereocenters. The normalized spacial score (nSPS) is 10.2. The molecule has 0 saturated heterocycles. The molecule has 0 saturated carbocycles. The molecular formula is C15H15Cl2N3O2. The quantitative estimate of drug-likeness (QED) is 0.906. The second-order valence-corrected chi connectivity index (χ2v) is 5.53. The molecule has 1 aromatic carbocycles. The van der Waals surface area contributed by atoms with Gasteiger partial charge in [0.15, 0.2) is 6.61 Å². The molecule has 1 amide bonds. The maximum atomic E-state index is 11.8. The Morgan fingerprint density at radius 2 is 2.00 bits per heavy atom. The monoisotopic (exact) mass is 339 g/mol. The number of ether oxygens (including phenoxy) is 1. The number of hydrogen-bond acceptors (Lipinski definition) is 4. The van der Waals surface area contributed by atoms with Crippen LogP contribution in [0.1, 0.15) is 0 Å². The van der Waals surface area contributed by atoms with E-state index in [1.807, 2.05) is 25.1 Å². The van der Waals surface area contributed by atoms with E-state index < -0.39 is 0 Å². The zero-order valence-corrected chi connectivity index (χ0v) is 13.6. The summed E-state index contributed by atoms with van der Waals surface area (Å²) in [6, 6.07) is 8.41. The highest BCUT2D eigenvalue weighted by atomic mass is 35.5. The van der Waals surface area contributed by atoms with Crippen molar-refractivity contribution in [3.63, 3.8) is 0 Å². The number of carbonyl (C=O) groups is 1. The van der Waals surface area contributed by atoms with Gasteiger partial charge >= 0.3 is 0 Å². The van der Waals surface area contributed by atoms with Crippen LogP contribution in [0, 0.1) is 0 Å². The van der Waals surface area contributed by atoms with Crippen molar-refractivity contribution in [2.75, 3.05) is 30.9 Å². The Morgan fingerprint density at radius 3 is 2.59 bits per heavy atom. The van der Waals surface area contributed by atoms with Gasteiger partial charge in [0, 0.05) is 20.2 Å². The maximum Gasteiger partial charge on any atom is 0.262 e. The van der Waals surface area contributed by atoms with Crippen molar-refractivity contribution in [1.29, 1.82) is 0 Å². The van der Waals surface area contributed by atoms with Crippen LogP contribution in [0.3, 0.4) is 0 Å². The van der Waals surface area contributed by atoms with Crippen molar-refractivity contribution in [1.82, 2.24) is 4.98 Å². The Hall–Kier alpha value is -1.98. The highest BCUT2D eigenvalue weighted by Gasteiger charge is 2.06. The molecule has 1 heterocycles. The molecule has 0 aliphatic carbocycles. The fraction of sp³-hybridized carbons (Fsp3) is 0.200. The van der Waals surface area contributed by atoms with E-state index in [0.717, 1.165) is 5.82 Å². The standard InChI is InChI=1S/C15H15Cl2N3O2/c1-20(2)14-6-3-10(8-18-14)19-15(21)9-22-11-4-5-12(16)13(17)7-11/h3-8H,9H2,1-2H3,(H,19,21). The summed E-state index contributed by atoms with van der Waals surface area (Å²) in [5.41, 5.74) is 0.605. The van der Waals surface area contributed by atoms with E-state index in [9.17, 15) is 4.79 Å². The Labute approximate surface area is 138 Å². The summed E-state index contributed by atoms with van der Waals surface area (Å²) >= 11 is 11.7. The molecule has 1 N–H and O–H groups in total. The highest BCUT2D eigenvalue weighted by Crippen LogP contribution is 2.26. The molecule has 0 unspecified atom stereocenters. The van der Waals surface area contributed by atoms with Crippen LogP contribution >= 0.6 is 23.2 Å². The van der Waals surface area contributed by atoms with Gasteiger partial charge in [-0.1, -0.05) is 23.2 Å². The fourth-order valence-corrected chi connectivity index (χ4v) is 1.93. The molecule has 116 valence electrons. The molecule has 7 heteroatoms. The third-order valence-corrected chi connectivity index (χ3v) is 3.49. The van der Waals surface area contributed by atoms with Gasteiger partial charge < -0.3 is 15.0 Å². The Bertz CT molecular complexity index is 660. The summed E-state index contributed by atoms with van der Waals surface area (Å²) < 4.78 is 5.35. The fourth-order valence-electron chi connectivity index (χ4n) is 1.64. The van der Waals surface area contributed by atoms with E-state index in [1.165, 1.54) is 0 Å². The van der Waals surface area contributed by atoms with Crippen molar-refractivity contribution >= 4 is 40.6 Å². The van der Waals surface area contributed by atoms with Crippen LogP contribution in [0.4, 0.5) is 11.5 Å². The molecule has 0 fully saturated rings. The lowest BCUT2D eigenvalue weighted by molar-refractivity contribution is -0.118. The van der Waals surface area contributed by atoms with E-state index in [1.54, 1.807) is 30.5 Å². The number of aromatic nitrogens is 1. The second kappa shape index (κ2) is 7.33. The van der Waals surface area contributed by atoms with Crippen molar-refractivity contribution in [3.8, 4) is 5.75 Å². The number of rotatable bonds is 5. The summed E-state index contributed by atoms with van der Waals surface area (Å²) in [5, 5.41) is 3.51. The van der Waals surface area contributed by atoms with Crippen LogP contribution < -0.4 is 15.0 Å². The van der Waals surface area contributed by atoms with Gasteiger partial charge in [0.2, 0.25) is 0 Å². The molecule has 0 bridgehead atoms. The van der Waals surface area contributed by atoms with Crippen LogP contribution in [-0.2, 0) is 4.79 Å². The average molecular weight is 340 g/mol. The summed E-state index contributed by atoms with van der Waals surface area (Å²) in [7, 11) is 3.79. The van der Waals surface area contributed by atoms with E-state index in [2.05, 4.69) is 10.3 Å². The van der Waals surface area contributed by atoms with E-state index in [4.69, 9.17) is 27.9 Å². The number of nitrogens with one attached hydrogen (secondary N) is 1. The van der Waals surface area contributed by atoms with Crippen LogP contribution in [0.5, 0.6) is 5.75 Å². The average Bonchev–Trinajstić information content (AvgIpc) is 2.49. The SMILES string of the molecule is CN(C)c1ccc(NC(=O)COc2ccc(Cl)c(Cl)c2)cn1. The molecule has 0 aliphatic rings. The van der Waals surface area contributed by atoms with Crippen molar-refractivity contribution < 1.29 is 9.53 Å². The van der Waals surface area contributed by atoms with E-state index in [0.29, 0.717) is 21.5 Å². The molecule has 22 heavy (non-hydrogen) atoms. The second-order valence-electron chi connectivity index (χ2n) is 4.71. The van der Waals surface area contributed by atoms with Gasteiger partial charge in [0.05, 0.1) is 21.9 Å². The topological polar surface area (TPSA) is 54.5 Å². The van der Waals surface area contributed by atoms with Gasteiger partial charge in [0.25, 0.3) is 5.91 Å². The number of nitrogens with zero attached hydrogens (tertiary/aromatic N) is 2. The minimum Gasteiger partial charge on any atom is -0.484 e. The predicted octanol–water partition coefficient (Wildman–Crippen LogP) is 3.47. The summed E-state index contributed by atoms with van der Waals surface area (Å²) in [6.45, 7) is -0.132. The molecule has 2 aromatic rings. The number of anilines is 2. The van der Waals surface area contributed by atoms with Gasteiger partial charge in [-0.3, -0.25) is 4.79 Å². The summed E-state index contributed by atoms with van der Waals surface area (Å²) in [5.74, 6) is 1.00. The smallest absolute Gasteiger partial charge is 0.262 e. The van der Waals surface area contributed by atoms with Crippen LogP contribution in [0.25, 0.3) is 0 Å². The molecule has 2 rings (SSSR count). The van der Waals surface area contributed by atoms with Gasteiger partial charge in [0.1, 0.15) is 11.6 Å². The number of pyridine rings is 1. The summed E-state index contributed by atoms with van der Waals surface area (Å²) in [4.78, 5) is 17.9. The molecule has 1 aromatic heterocycles. The maximum absolute atomic E-state index is 11.8. The minimum atomic E-state index is -0.287. The van der Waals surface area contributed by atoms with Gasteiger partial charge in [-0.2, -0.15) is 0 Å². The van der Waals surface area contributed by atoms with E-state index in [-0.39, 0.29) is 12.5 Å². The van der Waals surface area contributed by atoms with Gasteiger partial charge in [-0.15, -0.1) is 0 Å². The molecule has 0 spiro atoms. The third kappa shape index (κ3) is 4.51. The zero-order valence-electron chi connectivity index (χ0n) is 12.1. The first kappa shape index (κ1) is 16.4. The Balaban J connectivity index is 1.88. The number of halogens is 2. The molecule has 0 aliphatic heterocycles. The zero-order chi connectivity index (χ0) is 16.1. The summed E-state index contributed by atoms with van der Waals surface area (Å²) in [6.07, 6.45) is 1.59. The number of amides is 1. The first-order valence-electron chi connectivity index (χ1n) is 6.47. The molecule has 5 nitrogen and oxygen atoms in total. The van der Waals surface area contributed by atoms with Gasteiger partial charge in [-0.25, -0.2) is 4.98 Å². The third-order valence-electron chi connectivity index (χ3n) is 2.75. The first-order valence-corrected chi connectivity index (χ1v) is 7.22. The Morgan fingerprint density at radius 1 is 1.23 bits per heavy atom. The highest BCUT2D eigenvalue weighted by molar-refractivity contribution is 6.42. The number of benzene rings is 1. The lowest BCUT2D eigenvalue weighted by Crippen LogP contribution is -2.20. The number of carbonyl (C=O) groups excluding carboxylic acids is 1.